The van der Waals surface area contributed by atoms with Crippen LogP contribution in [0.1, 0.15) is 31.3 Å². The Balaban J connectivity index is 2.18. The summed E-state index contributed by atoms with van der Waals surface area (Å²) in [5.41, 5.74) is -0.117. The smallest absolute Gasteiger partial charge is 0.355 e. The summed E-state index contributed by atoms with van der Waals surface area (Å²) >= 11 is 1.37. The highest BCUT2D eigenvalue weighted by Gasteiger charge is 2.32. The van der Waals surface area contributed by atoms with E-state index in [9.17, 15) is 4.79 Å². The zero-order chi connectivity index (χ0) is 12.6. The minimum absolute atomic E-state index is 0.113. The van der Waals surface area contributed by atoms with Crippen molar-refractivity contribution in [2.24, 2.45) is 0 Å². The maximum atomic E-state index is 10.8. The molecule has 5 nitrogen and oxygen atoms in total. The molecule has 1 saturated heterocycles. The maximum absolute atomic E-state index is 10.8. The largest absolute Gasteiger partial charge is 0.476 e. The molecule has 0 aliphatic carbocycles. The molecule has 1 unspecified atom stereocenters. The lowest BCUT2D eigenvalue weighted by Crippen LogP contribution is -2.52. The normalized spacial score (nSPS) is 23.7. The predicted octanol–water partition coefficient (Wildman–Crippen LogP) is 1.84. The molecule has 2 rings (SSSR count). The fourth-order valence-electron chi connectivity index (χ4n) is 2.11. The van der Waals surface area contributed by atoms with E-state index in [4.69, 9.17) is 9.84 Å². The van der Waals surface area contributed by atoms with Gasteiger partial charge in [-0.05, 0) is 20.8 Å². The van der Waals surface area contributed by atoms with Crippen molar-refractivity contribution in [3.63, 3.8) is 0 Å². The molecule has 1 aliphatic heterocycles. The van der Waals surface area contributed by atoms with Crippen LogP contribution in [0.5, 0.6) is 0 Å². The van der Waals surface area contributed by atoms with E-state index in [1.54, 1.807) is 5.38 Å². The van der Waals surface area contributed by atoms with E-state index >= 15 is 0 Å². The minimum Gasteiger partial charge on any atom is -0.476 e. The highest BCUT2D eigenvalue weighted by Crippen LogP contribution is 2.28. The number of rotatable bonds is 2. The Bertz CT molecular complexity index is 430. The number of anilines is 1. The number of ether oxygens (including phenoxy) is 1. The first-order valence-corrected chi connectivity index (χ1v) is 6.37. The lowest BCUT2D eigenvalue weighted by Gasteiger charge is -2.41. The highest BCUT2D eigenvalue weighted by molar-refractivity contribution is 7.13. The first-order chi connectivity index (χ1) is 7.87. The van der Waals surface area contributed by atoms with Crippen LogP contribution in [0.4, 0.5) is 5.13 Å². The van der Waals surface area contributed by atoms with Gasteiger partial charge < -0.3 is 14.7 Å². The number of aromatic carboxylic acids is 1. The molecule has 0 aromatic carbocycles. The van der Waals surface area contributed by atoms with E-state index in [2.05, 4.69) is 9.88 Å². The molecule has 94 valence electrons. The Hall–Kier alpha value is -1.14. The maximum Gasteiger partial charge on any atom is 0.355 e. The fourth-order valence-corrected chi connectivity index (χ4v) is 2.92. The molecule has 1 atom stereocenters. The molecular formula is C11H16N2O3S. The molecule has 17 heavy (non-hydrogen) atoms. The molecule has 1 aliphatic rings. The van der Waals surface area contributed by atoms with Crippen molar-refractivity contribution < 1.29 is 14.6 Å². The second kappa shape index (κ2) is 4.27. The summed E-state index contributed by atoms with van der Waals surface area (Å²) in [4.78, 5) is 17.0. The Labute approximate surface area is 104 Å². The number of hydrogen-bond acceptors (Lipinski definition) is 5. The summed E-state index contributed by atoms with van der Waals surface area (Å²) in [6, 6.07) is 0. The zero-order valence-corrected chi connectivity index (χ0v) is 11.0. The van der Waals surface area contributed by atoms with Crippen molar-refractivity contribution in [2.45, 2.75) is 32.5 Å². The molecule has 0 bridgehead atoms. The third-order valence-electron chi connectivity index (χ3n) is 2.55. The molecule has 0 amide bonds. The first-order valence-electron chi connectivity index (χ1n) is 5.49. The van der Waals surface area contributed by atoms with E-state index in [0.29, 0.717) is 0 Å². The van der Waals surface area contributed by atoms with Crippen LogP contribution in [0.15, 0.2) is 5.38 Å². The number of carboxylic acids is 1. The van der Waals surface area contributed by atoms with Crippen LogP contribution in [0.3, 0.4) is 0 Å². The van der Waals surface area contributed by atoms with Gasteiger partial charge in [0.15, 0.2) is 10.8 Å². The SMILES string of the molecule is CC1CN(c2nc(C(=O)O)cs2)CC(C)(C)O1. The molecule has 0 radical (unpaired) electrons. The van der Waals surface area contributed by atoms with Crippen LogP contribution >= 0.6 is 11.3 Å². The van der Waals surface area contributed by atoms with Gasteiger partial charge in [-0.1, -0.05) is 0 Å². The zero-order valence-electron chi connectivity index (χ0n) is 10.1. The average Bonchev–Trinajstić information content (AvgIpc) is 2.62. The van der Waals surface area contributed by atoms with Gasteiger partial charge in [0.05, 0.1) is 11.7 Å². The van der Waals surface area contributed by atoms with E-state index in [1.807, 2.05) is 20.8 Å². The second-order valence-electron chi connectivity index (χ2n) is 4.89. The van der Waals surface area contributed by atoms with Gasteiger partial charge >= 0.3 is 5.97 Å². The Morgan fingerprint density at radius 1 is 1.71 bits per heavy atom. The van der Waals surface area contributed by atoms with E-state index in [0.717, 1.165) is 18.2 Å². The summed E-state index contributed by atoms with van der Waals surface area (Å²) < 4.78 is 5.80. The summed E-state index contributed by atoms with van der Waals surface area (Å²) in [5, 5.41) is 11.2. The van der Waals surface area contributed by atoms with Crippen molar-refractivity contribution in [1.82, 2.24) is 4.98 Å². The molecule has 1 aromatic rings. The fraction of sp³-hybridized carbons (Fsp3) is 0.636. The van der Waals surface area contributed by atoms with Gasteiger partial charge in [-0.3, -0.25) is 0 Å². The molecule has 1 N–H and O–H groups in total. The molecular weight excluding hydrogens is 240 g/mol. The van der Waals surface area contributed by atoms with Crippen molar-refractivity contribution >= 4 is 22.4 Å². The Kier molecular flexibility index (Phi) is 3.09. The van der Waals surface area contributed by atoms with Gasteiger partial charge in [-0.15, -0.1) is 11.3 Å². The number of morpholine rings is 1. The van der Waals surface area contributed by atoms with E-state index < -0.39 is 5.97 Å². The van der Waals surface area contributed by atoms with E-state index in [-0.39, 0.29) is 17.4 Å². The van der Waals surface area contributed by atoms with Gasteiger partial charge in [0.1, 0.15) is 0 Å². The third kappa shape index (κ3) is 2.76. The summed E-state index contributed by atoms with van der Waals surface area (Å²) in [5.74, 6) is -0.979. The number of hydrogen-bond donors (Lipinski definition) is 1. The molecule has 0 spiro atoms. The number of carbonyl (C=O) groups is 1. The van der Waals surface area contributed by atoms with Gasteiger partial charge in [-0.2, -0.15) is 0 Å². The number of aromatic nitrogens is 1. The molecule has 1 aromatic heterocycles. The van der Waals surface area contributed by atoms with Gasteiger partial charge in [0.25, 0.3) is 0 Å². The predicted molar refractivity (Wildman–Crippen MR) is 65.9 cm³/mol. The topological polar surface area (TPSA) is 62.7 Å². The lowest BCUT2D eigenvalue weighted by molar-refractivity contribution is -0.0749. The third-order valence-corrected chi connectivity index (χ3v) is 3.45. The molecule has 1 fully saturated rings. The van der Waals surface area contributed by atoms with Crippen LogP contribution in [-0.2, 0) is 4.74 Å². The lowest BCUT2D eigenvalue weighted by atomic mass is 10.1. The van der Waals surface area contributed by atoms with Gasteiger partial charge in [0.2, 0.25) is 0 Å². The summed E-state index contributed by atoms with van der Waals surface area (Å²) in [6.45, 7) is 7.54. The standard InChI is InChI=1S/C11H16N2O3S/c1-7-4-13(6-11(2,3)16-7)10-12-8(5-17-10)9(14)15/h5,7H,4,6H2,1-3H3,(H,14,15). The average molecular weight is 256 g/mol. The van der Waals surface area contributed by atoms with Crippen molar-refractivity contribution in [3.05, 3.63) is 11.1 Å². The van der Waals surface area contributed by atoms with Crippen molar-refractivity contribution in [1.29, 1.82) is 0 Å². The van der Waals surface area contributed by atoms with Crippen LogP contribution in [0.2, 0.25) is 0 Å². The Morgan fingerprint density at radius 3 is 2.94 bits per heavy atom. The van der Waals surface area contributed by atoms with Crippen LogP contribution < -0.4 is 4.90 Å². The molecule has 6 heteroatoms. The first kappa shape index (κ1) is 12.3. The number of carboxylic acid groups (broad SMARTS) is 1. The Morgan fingerprint density at radius 2 is 2.41 bits per heavy atom. The summed E-state index contributed by atoms with van der Waals surface area (Å²) in [6.07, 6.45) is 0.121. The summed E-state index contributed by atoms with van der Waals surface area (Å²) in [7, 11) is 0. The highest BCUT2D eigenvalue weighted by atomic mass is 32.1. The number of thiazole rings is 1. The van der Waals surface area contributed by atoms with Crippen LogP contribution in [-0.4, -0.2) is 40.9 Å². The molecule has 2 heterocycles. The van der Waals surface area contributed by atoms with Crippen LogP contribution in [0.25, 0.3) is 0 Å². The monoisotopic (exact) mass is 256 g/mol. The second-order valence-corrected chi connectivity index (χ2v) is 5.73. The number of nitrogens with zero attached hydrogens (tertiary/aromatic N) is 2. The van der Waals surface area contributed by atoms with E-state index in [1.165, 1.54) is 11.3 Å². The van der Waals surface area contributed by atoms with Gasteiger partial charge in [-0.25, -0.2) is 9.78 Å². The van der Waals surface area contributed by atoms with Gasteiger partial charge in [0, 0.05) is 18.5 Å². The van der Waals surface area contributed by atoms with Crippen molar-refractivity contribution in [2.75, 3.05) is 18.0 Å². The molecule has 0 saturated carbocycles. The van der Waals surface area contributed by atoms with Crippen LogP contribution in [0, 0.1) is 0 Å². The quantitative estimate of drug-likeness (QED) is 0.875. The minimum atomic E-state index is -0.979. The van der Waals surface area contributed by atoms with Crippen molar-refractivity contribution in [3.8, 4) is 0 Å².